The number of nitrogens with zero attached hydrogens (tertiary/aromatic N) is 3. The van der Waals surface area contributed by atoms with E-state index in [4.69, 9.17) is 21.3 Å². The number of aryl methyl sites for hydroxylation is 2. The highest BCUT2D eigenvalue weighted by Gasteiger charge is 2.26. The number of amides is 1. The summed E-state index contributed by atoms with van der Waals surface area (Å²) in [4.78, 5) is 39.8. The first-order valence-corrected chi connectivity index (χ1v) is 12.1. The van der Waals surface area contributed by atoms with Crippen LogP contribution in [0.1, 0.15) is 39.5 Å². The van der Waals surface area contributed by atoms with Gasteiger partial charge in [-0.2, -0.15) is 0 Å². The Labute approximate surface area is 195 Å². The van der Waals surface area contributed by atoms with E-state index in [-0.39, 0.29) is 11.5 Å². The number of H-pyrrole nitrogens is 1. The molecule has 168 valence electrons. The Balaban J connectivity index is 1.27. The molecule has 9 heteroatoms. The summed E-state index contributed by atoms with van der Waals surface area (Å²) in [5.74, 6) is 1.13. The van der Waals surface area contributed by atoms with Crippen LogP contribution >= 0.6 is 22.9 Å². The number of nitrogens with one attached hydrogen (secondary N) is 1. The molecule has 5 rings (SSSR count). The summed E-state index contributed by atoms with van der Waals surface area (Å²) in [6, 6.07) is 5.08. The van der Waals surface area contributed by atoms with Crippen LogP contribution in [0, 0.1) is 0 Å². The number of hydrogen-bond acceptors (Lipinski definition) is 6. The van der Waals surface area contributed by atoms with Crippen LogP contribution in [-0.4, -0.2) is 59.0 Å². The van der Waals surface area contributed by atoms with Gasteiger partial charge in [0.1, 0.15) is 16.4 Å². The Bertz CT molecular complexity index is 1230. The molecule has 1 amide bonds. The van der Waals surface area contributed by atoms with Crippen molar-refractivity contribution in [1.29, 1.82) is 0 Å². The molecule has 1 aromatic carbocycles. The molecule has 1 saturated heterocycles. The first-order valence-electron chi connectivity index (χ1n) is 10.9. The van der Waals surface area contributed by atoms with Crippen molar-refractivity contribution in [3.05, 3.63) is 55.4 Å². The monoisotopic (exact) mass is 472 g/mol. The molecule has 1 N–H and O–H groups in total. The van der Waals surface area contributed by atoms with Crippen molar-refractivity contribution in [3.8, 4) is 5.75 Å². The number of carbonyl (C=O) groups excluding carboxylic acids is 1. The number of carbonyl (C=O) groups is 1. The molecule has 2 aliphatic rings. The molecule has 0 bridgehead atoms. The summed E-state index contributed by atoms with van der Waals surface area (Å²) < 4.78 is 5.33. The minimum absolute atomic E-state index is 0.0220. The molecular weight excluding hydrogens is 448 g/mol. The minimum atomic E-state index is -0.0823. The summed E-state index contributed by atoms with van der Waals surface area (Å²) in [7, 11) is 1.55. The number of piperazine rings is 1. The van der Waals surface area contributed by atoms with Gasteiger partial charge in [-0.25, -0.2) is 4.98 Å². The van der Waals surface area contributed by atoms with Crippen LogP contribution in [-0.2, 0) is 19.4 Å². The molecule has 0 unspecified atom stereocenters. The maximum Gasteiger partial charge on any atom is 0.259 e. The lowest BCUT2D eigenvalue weighted by molar-refractivity contribution is 0.0622. The number of fused-ring (bicyclic) bond motifs is 3. The Morgan fingerprint density at radius 3 is 2.78 bits per heavy atom. The van der Waals surface area contributed by atoms with Crippen molar-refractivity contribution in [2.75, 3.05) is 33.3 Å². The minimum Gasteiger partial charge on any atom is -0.496 e. The standard InChI is InChI=1S/C23H25ClN4O3S/c1-31-17-7-6-14(24)12-16(17)23(30)28-10-8-27(9-11-28)13-19-25-21(29)20-15-4-2-3-5-18(15)32-22(20)26-19/h6-7,12H,2-5,8-11,13H2,1H3,(H,25,26,29). The van der Waals surface area contributed by atoms with Crippen LogP contribution in [0.15, 0.2) is 23.0 Å². The van der Waals surface area contributed by atoms with Gasteiger partial charge < -0.3 is 14.6 Å². The number of halogens is 1. The summed E-state index contributed by atoms with van der Waals surface area (Å²) in [5, 5.41) is 1.30. The van der Waals surface area contributed by atoms with Crippen molar-refractivity contribution in [1.82, 2.24) is 19.8 Å². The van der Waals surface area contributed by atoms with Crippen molar-refractivity contribution in [3.63, 3.8) is 0 Å². The Morgan fingerprint density at radius 1 is 1.22 bits per heavy atom. The highest BCUT2D eigenvalue weighted by atomic mass is 35.5. The number of benzene rings is 1. The largest absolute Gasteiger partial charge is 0.496 e. The van der Waals surface area contributed by atoms with E-state index < -0.39 is 0 Å². The van der Waals surface area contributed by atoms with Gasteiger partial charge in [-0.1, -0.05) is 11.6 Å². The summed E-state index contributed by atoms with van der Waals surface area (Å²) in [5.41, 5.74) is 1.66. The highest BCUT2D eigenvalue weighted by molar-refractivity contribution is 7.18. The van der Waals surface area contributed by atoms with Crippen LogP contribution < -0.4 is 10.3 Å². The van der Waals surface area contributed by atoms with Crippen LogP contribution in [0.5, 0.6) is 5.75 Å². The van der Waals surface area contributed by atoms with Gasteiger partial charge in [0, 0.05) is 36.1 Å². The average molecular weight is 473 g/mol. The van der Waals surface area contributed by atoms with Gasteiger partial charge in [0.2, 0.25) is 0 Å². The van der Waals surface area contributed by atoms with E-state index in [9.17, 15) is 9.59 Å². The summed E-state index contributed by atoms with van der Waals surface area (Å²) in [6.07, 6.45) is 4.37. The molecule has 1 aliphatic carbocycles. The van der Waals surface area contributed by atoms with E-state index in [0.29, 0.717) is 54.9 Å². The van der Waals surface area contributed by atoms with E-state index in [1.165, 1.54) is 16.9 Å². The van der Waals surface area contributed by atoms with Crippen molar-refractivity contribution in [2.45, 2.75) is 32.2 Å². The highest BCUT2D eigenvalue weighted by Crippen LogP contribution is 2.33. The van der Waals surface area contributed by atoms with E-state index in [2.05, 4.69) is 9.88 Å². The zero-order valence-electron chi connectivity index (χ0n) is 17.9. The zero-order chi connectivity index (χ0) is 22.2. The molecule has 32 heavy (non-hydrogen) atoms. The van der Waals surface area contributed by atoms with Gasteiger partial charge in [-0.15, -0.1) is 11.3 Å². The van der Waals surface area contributed by atoms with Gasteiger partial charge in [0.15, 0.2) is 0 Å². The summed E-state index contributed by atoms with van der Waals surface area (Å²) >= 11 is 7.76. The molecule has 1 fully saturated rings. The average Bonchev–Trinajstić information content (AvgIpc) is 3.18. The molecule has 3 heterocycles. The van der Waals surface area contributed by atoms with Crippen LogP contribution in [0.2, 0.25) is 5.02 Å². The third kappa shape index (κ3) is 4.02. The number of methoxy groups -OCH3 is 1. The Morgan fingerprint density at radius 2 is 2.00 bits per heavy atom. The Hall–Kier alpha value is -2.42. The van der Waals surface area contributed by atoms with Gasteiger partial charge in [0.05, 0.1) is 24.6 Å². The van der Waals surface area contributed by atoms with E-state index in [0.717, 1.165) is 29.5 Å². The number of aromatic nitrogens is 2. The molecule has 7 nitrogen and oxygen atoms in total. The van der Waals surface area contributed by atoms with Gasteiger partial charge >= 0.3 is 0 Å². The van der Waals surface area contributed by atoms with E-state index >= 15 is 0 Å². The molecular formula is C23H25ClN4O3S. The van der Waals surface area contributed by atoms with Gasteiger partial charge in [-0.05, 0) is 49.4 Å². The smallest absolute Gasteiger partial charge is 0.259 e. The summed E-state index contributed by atoms with van der Waals surface area (Å²) in [6.45, 7) is 3.16. The second-order valence-electron chi connectivity index (χ2n) is 8.32. The molecule has 0 spiro atoms. The fraction of sp³-hybridized carbons (Fsp3) is 0.435. The maximum absolute atomic E-state index is 13.0. The van der Waals surface area contributed by atoms with E-state index in [1.54, 1.807) is 36.6 Å². The number of hydrogen-bond donors (Lipinski definition) is 1. The van der Waals surface area contributed by atoms with Crippen molar-refractivity contribution in [2.24, 2.45) is 0 Å². The second kappa shape index (κ2) is 8.84. The molecule has 3 aromatic rings. The predicted octanol–water partition coefficient (Wildman–Crippen LogP) is 3.48. The van der Waals surface area contributed by atoms with Crippen LogP contribution in [0.3, 0.4) is 0 Å². The number of aromatic amines is 1. The SMILES string of the molecule is COc1ccc(Cl)cc1C(=O)N1CCN(Cc2nc3sc4c(c3c(=O)[nH]2)CCCC4)CC1. The lowest BCUT2D eigenvalue weighted by Gasteiger charge is -2.34. The quantitative estimate of drug-likeness (QED) is 0.629. The molecule has 0 saturated carbocycles. The topological polar surface area (TPSA) is 78.5 Å². The first-order chi connectivity index (χ1) is 15.5. The third-order valence-corrected chi connectivity index (χ3v) is 7.72. The Kier molecular flexibility index (Phi) is 5.92. The van der Waals surface area contributed by atoms with Gasteiger partial charge in [0.25, 0.3) is 11.5 Å². The predicted molar refractivity (Wildman–Crippen MR) is 126 cm³/mol. The third-order valence-electron chi connectivity index (χ3n) is 6.30. The number of ether oxygens (including phenoxy) is 1. The van der Waals surface area contributed by atoms with Gasteiger partial charge in [-0.3, -0.25) is 14.5 Å². The second-order valence-corrected chi connectivity index (χ2v) is 9.84. The van der Waals surface area contributed by atoms with Crippen LogP contribution in [0.25, 0.3) is 10.2 Å². The normalized spacial score (nSPS) is 16.9. The molecule has 1 aliphatic heterocycles. The van der Waals surface area contributed by atoms with Crippen molar-refractivity contribution >= 4 is 39.1 Å². The fourth-order valence-corrected chi connectivity index (χ4v) is 6.07. The van der Waals surface area contributed by atoms with Crippen molar-refractivity contribution < 1.29 is 9.53 Å². The van der Waals surface area contributed by atoms with Crippen LogP contribution in [0.4, 0.5) is 0 Å². The lowest BCUT2D eigenvalue weighted by atomic mass is 9.97. The van der Waals surface area contributed by atoms with E-state index in [1.807, 2.05) is 4.90 Å². The fourth-order valence-electron chi connectivity index (χ4n) is 4.62. The molecule has 2 aromatic heterocycles. The molecule has 0 atom stereocenters. The first kappa shape index (κ1) is 21.4. The number of thiophene rings is 1. The molecule has 0 radical (unpaired) electrons. The number of rotatable bonds is 4. The zero-order valence-corrected chi connectivity index (χ0v) is 19.5. The maximum atomic E-state index is 13.0. The lowest BCUT2D eigenvalue weighted by Crippen LogP contribution is -2.48.